The van der Waals surface area contributed by atoms with Crippen molar-refractivity contribution in [3.8, 4) is 0 Å². The van der Waals surface area contributed by atoms with E-state index < -0.39 is 0 Å². The highest BCUT2D eigenvalue weighted by molar-refractivity contribution is 4.67. The van der Waals surface area contributed by atoms with Crippen LogP contribution in [-0.4, -0.2) is 64.1 Å². The number of likely N-dealkylation sites (N-methyl/N-ethyl adjacent to an activating group) is 1. The SMILES string of the molecule is CC(C)OCCN(C)CCNCC1CCOC1. The summed E-state index contributed by atoms with van der Waals surface area (Å²) < 4.78 is 10.9. The Morgan fingerprint density at radius 3 is 2.88 bits per heavy atom. The predicted molar refractivity (Wildman–Crippen MR) is 70.4 cm³/mol. The van der Waals surface area contributed by atoms with Gasteiger partial charge in [0.25, 0.3) is 0 Å². The van der Waals surface area contributed by atoms with Crippen LogP contribution in [0, 0.1) is 5.92 Å². The van der Waals surface area contributed by atoms with Gasteiger partial charge in [0.2, 0.25) is 0 Å². The van der Waals surface area contributed by atoms with E-state index in [-0.39, 0.29) is 0 Å². The van der Waals surface area contributed by atoms with Gasteiger partial charge in [-0.2, -0.15) is 0 Å². The molecule has 0 aromatic heterocycles. The molecule has 4 heteroatoms. The van der Waals surface area contributed by atoms with E-state index >= 15 is 0 Å². The van der Waals surface area contributed by atoms with Gasteiger partial charge in [0.05, 0.1) is 19.3 Å². The minimum absolute atomic E-state index is 0.337. The Morgan fingerprint density at radius 2 is 2.24 bits per heavy atom. The van der Waals surface area contributed by atoms with Gasteiger partial charge in [0.15, 0.2) is 0 Å². The quantitative estimate of drug-likeness (QED) is 0.613. The van der Waals surface area contributed by atoms with Crippen LogP contribution in [0.15, 0.2) is 0 Å². The van der Waals surface area contributed by atoms with Crippen LogP contribution in [0.5, 0.6) is 0 Å². The van der Waals surface area contributed by atoms with Crippen LogP contribution in [-0.2, 0) is 9.47 Å². The molecule has 1 fully saturated rings. The predicted octanol–water partition coefficient (Wildman–Crippen LogP) is 0.969. The van der Waals surface area contributed by atoms with Crippen LogP contribution >= 0.6 is 0 Å². The standard InChI is InChI=1S/C13H28N2O2/c1-12(2)17-9-7-15(3)6-5-14-10-13-4-8-16-11-13/h12-14H,4-11H2,1-3H3. The highest BCUT2D eigenvalue weighted by Crippen LogP contribution is 2.10. The highest BCUT2D eigenvalue weighted by atomic mass is 16.5. The fraction of sp³-hybridized carbons (Fsp3) is 1.00. The fourth-order valence-corrected chi connectivity index (χ4v) is 1.88. The molecule has 0 amide bonds. The molecule has 0 aromatic carbocycles. The molecule has 1 aliphatic rings. The summed E-state index contributed by atoms with van der Waals surface area (Å²) in [6.45, 7) is 11.1. The van der Waals surface area contributed by atoms with Crippen LogP contribution in [0.2, 0.25) is 0 Å². The molecule has 0 aromatic rings. The van der Waals surface area contributed by atoms with Gasteiger partial charge in [-0.3, -0.25) is 0 Å². The third-order valence-corrected chi connectivity index (χ3v) is 3.05. The van der Waals surface area contributed by atoms with Gasteiger partial charge in [-0.05, 0) is 33.2 Å². The lowest BCUT2D eigenvalue weighted by atomic mass is 10.1. The molecule has 1 unspecified atom stereocenters. The second-order valence-corrected chi connectivity index (χ2v) is 5.16. The molecular weight excluding hydrogens is 216 g/mol. The third-order valence-electron chi connectivity index (χ3n) is 3.05. The van der Waals surface area contributed by atoms with Gasteiger partial charge >= 0.3 is 0 Å². The number of rotatable bonds is 9. The summed E-state index contributed by atoms with van der Waals surface area (Å²) in [6, 6.07) is 0. The summed E-state index contributed by atoms with van der Waals surface area (Å²) >= 11 is 0. The highest BCUT2D eigenvalue weighted by Gasteiger charge is 2.14. The number of nitrogens with one attached hydrogen (secondary N) is 1. The molecule has 0 bridgehead atoms. The fourth-order valence-electron chi connectivity index (χ4n) is 1.88. The first kappa shape index (κ1) is 14.9. The largest absolute Gasteiger partial charge is 0.381 e. The summed E-state index contributed by atoms with van der Waals surface area (Å²) in [5.74, 6) is 0.726. The van der Waals surface area contributed by atoms with Gasteiger partial charge in [-0.25, -0.2) is 0 Å². The molecular formula is C13H28N2O2. The molecule has 1 aliphatic heterocycles. The molecule has 0 radical (unpaired) electrons. The van der Waals surface area contributed by atoms with Crippen LogP contribution in [0.4, 0.5) is 0 Å². The molecule has 0 saturated carbocycles. The van der Waals surface area contributed by atoms with E-state index in [9.17, 15) is 0 Å². The third kappa shape index (κ3) is 7.71. The zero-order chi connectivity index (χ0) is 12.5. The Bertz CT molecular complexity index is 182. The van der Waals surface area contributed by atoms with Crippen LogP contribution in [0.25, 0.3) is 0 Å². The van der Waals surface area contributed by atoms with Gasteiger partial charge in [-0.15, -0.1) is 0 Å². The molecule has 4 nitrogen and oxygen atoms in total. The van der Waals surface area contributed by atoms with Crippen molar-refractivity contribution in [2.75, 3.05) is 53.0 Å². The first-order valence-electron chi connectivity index (χ1n) is 6.77. The van der Waals surface area contributed by atoms with E-state index in [4.69, 9.17) is 9.47 Å². The van der Waals surface area contributed by atoms with E-state index in [1.807, 2.05) is 0 Å². The van der Waals surface area contributed by atoms with Crippen molar-refractivity contribution in [2.24, 2.45) is 5.92 Å². The minimum Gasteiger partial charge on any atom is -0.381 e. The normalized spacial score (nSPS) is 20.6. The molecule has 102 valence electrons. The summed E-state index contributed by atoms with van der Waals surface area (Å²) in [6.07, 6.45) is 1.55. The molecule has 0 spiro atoms. The Kier molecular flexibility index (Phi) is 7.77. The molecule has 17 heavy (non-hydrogen) atoms. The minimum atomic E-state index is 0.337. The molecule has 1 N–H and O–H groups in total. The maximum Gasteiger partial charge on any atom is 0.0596 e. The zero-order valence-corrected chi connectivity index (χ0v) is 11.6. The second kappa shape index (κ2) is 8.86. The molecule has 1 rings (SSSR count). The van der Waals surface area contributed by atoms with Gasteiger partial charge < -0.3 is 19.7 Å². The van der Waals surface area contributed by atoms with Gasteiger partial charge in [0.1, 0.15) is 0 Å². The average molecular weight is 244 g/mol. The van der Waals surface area contributed by atoms with Crippen molar-refractivity contribution < 1.29 is 9.47 Å². The smallest absolute Gasteiger partial charge is 0.0596 e. The van der Waals surface area contributed by atoms with Crippen LogP contribution < -0.4 is 5.32 Å². The molecule has 0 aliphatic carbocycles. The van der Waals surface area contributed by atoms with Crippen molar-refractivity contribution >= 4 is 0 Å². The van der Waals surface area contributed by atoms with Crippen molar-refractivity contribution in [1.29, 1.82) is 0 Å². The van der Waals surface area contributed by atoms with E-state index in [0.717, 1.165) is 51.9 Å². The maximum atomic E-state index is 5.52. The molecule has 1 atom stereocenters. The Hall–Kier alpha value is -0.160. The summed E-state index contributed by atoms with van der Waals surface area (Å²) in [7, 11) is 2.14. The van der Waals surface area contributed by atoms with Crippen molar-refractivity contribution in [3.63, 3.8) is 0 Å². The average Bonchev–Trinajstić information content (AvgIpc) is 2.76. The van der Waals surface area contributed by atoms with Gasteiger partial charge in [0, 0.05) is 32.8 Å². The van der Waals surface area contributed by atoms with Crippen LogP contribution in [0.3, 0.4) is 0 Å². The van der Waals surface area contributed by atoms with E-state index in [0.29, 0.717) is 6.10 Å². The number of nitrogens with zero attached hydrogens (tertiary/aromatic N) is 1. The Labute approximate surface area is 106 Å². The Balaban J connectivity index is 1.87. The summed E-state index contributed by atoms with van der Waals surface area (Å²) in [4.78, 5) is 2.31. The molecule has 1 saturated heterocycles. The van der Waals surface area contributed by atoms with Crippen molar-refractivity contribution in [3.05, 3.63) is 0 Å². The monoisotopic (exact) mass is 244 g/mol. The first-order chi connectivity index (χ1) is 8.18. The second-order valence-electron chi connectivity index (χ2n) is 5.16. The lowest BCUT2D eigenvalue weighted by Crippen LogP contribution is -2.34. The maximum absolute atomic E-state index is 5.52. The number of hydrogen-bond donors (Lipinski definition) is 1. The number of ether oxygens (including phenoxy) is 2. The Morgan fingerprint density at radius 1 is 1.41 bits per heavy atom. The lowest BCUT2D eigenvalue weighted by Gasteiger charge is -2.18. The topological polar surface area (TPSA) is 33.7 Å². The zero-order valence-electron chi connectivity index (χ0n) is 11.6. The van der Waals surface area contributed by atoms with Gasteiger partial charge in [-0.1, -0.05) is 0 Å². The lowest BCUT2D eigenvalue weighted by molar-refractivity contribution is 0.0640. The van der Waals surface area contributed by atoms with Crippen molar-refractivity contribution in [2.45, 2.75) is 26.4 Å². The van der Waals surface area contributed by atoms with Crippen LogP contribution in [0.1, 0.15) is 20.3 Å². The van der Waals surface area contributed by atoms with E-state index in [1.165, 1.54) is 6.42 Å². The summed E-state index contributed by atoms with van der Waals surface area (Å²) in [5.41, 5.74) is 0. The van der Waals surface area contributed by atoms with Crippen molar-refractivity contribution in [1.82, 2.24) is 10.2 Å². The molecule has 1 heterocycles. The van der Waals surface area contributed by atoms with E-state index in [1.54, 1.807) is 0 Å². The van der Waals surface area contributed by atoms with E-state index in [2.05, 4.69) is 31.1 Å². The number of hydrogen-bond acceptors (Lipinski definition) is 4. The first-order valence-corrected chi connectivity index (χ1v) is 6.77. The summed E-state index contributed by atoms with van der Waals surface area (Å²) in [5, 5.41) is 3.49.